The standard InChI is InChI=1S/C24H30N2O3/c1-5-13-24(29,14-6-2)16(4)25-23(28)17-11-12-20-19(15-17)18-9-8-10-21(27)22(18)26(20)7-3/h5-6,11-12,15-16,29H,1-2,7-10,13-14H2,3-4H3,(H,25,28)/t16-/m0/s1. The quantitative estimate of drug-likeness (QED) is 0.660. The Bertz CT molecular complexity index is 960. The van der Waals surface area contributed by atoms with Crippen LogP contribution in [0.3, 0.4) is 0 Å². The van der Waals surface area contributed by atoms with Gasteiger partial charge in [0.1, 0.15) is 0 Å². The van der Waals surface area contributed by atoms with Gasteiger partial charge in [-0.1, -0.05) is 12.2 Å². The van der Waals surface area contributed by atoms with E-state index in [1.165, 1.54) is 0 Å². The van der Waals surface area contributed by atoms with Crippen LogP contribution in [-0.2, 0) is 13.0 Å². The number of amides is 1. The third kappa shape index (κ3) is 3.79. The van der Waals surface area contributed by atoms with Crippen molar-refractivity contribution in [3.05, 3.63) is 60.3 Å². The Kier molecular flexibility index (Phi) is 6.08. The number of nitrogens with one attached hydrogen (secondary N) is 1. The van der Waals surface area contributed by atoms with Gasteiger partial charge in [0, 0.05) is 29.4 Å². The van der Waals surface area contributed by atoms with Crippen molar-refractivity contribution in [3.63, 3.8) is 0 Å². The van der Waals surface area contributed by atoms with Gasteiger partial charge >= 0.3 is 0 Å². The molecule has 1 heterocycles. The van der Waals surface area contributed by atoms with Crippen molar-refractivity contribution in [1.82, 2.24) is 9.88 Å². The van der Waals surface area contributed by atoms with E-state index in [-0.39, 0.29) is 11.7 Å². The highest BCUT2D eigenvalue weighted by molar-refractivity contribution is 6.06. The minimum atomic E-state index is -1.12. The summed E-state index contributed by atoms with van der Waals surface area (Å²) in [6.45, 7) is 11.9. The molecule has 3 rings (SSSR count). The number of aliphatic hydroxyl groups is 1. The molecule has 1 aromatic heterocycles. The zero-order valence-corrected chi connectivity index (χ0v) is 17.3. The summed E-state index contributed by atoms with van der Waals surface area (Å²) in [6, 6.07) is 5.11. The van der Waals surface area contributed by atoms with Crippen molar-refractivity contribution < 1.29 is 14.7 Å². The molecule has 2 aromatic rings. The van der Waals surface area contributed by atoms with Crippen LogP contribution < -0.4 is 5.32 Å². The zero-order chi connectivity index (χ0) is 21.2. The first-order chi connectivity index (χ1) is 13.9. The largest absolute Gasteiger partial charge is 0.387 e. The summed E-state index contributed by atoms with van der Waals surface area (Å²) < 4.78 is 2.06. The van der Waals surface area contributed by atoms with Crippen LogP contribution in [0, 0.1) is 0 Å². The molecule has 2 N–H and O–H groups in total. The number of carbonyl (C=O) groups excluding carboxylic acids is 2. The summed E-state index contributed by atoms with van der Waals surface area (Å²) in [5, 5.41) is 14.8. The fourth-order valence-corrected chi connectivity index (χ4v) is 4.36. The fraction of sp³-hybridized carbons (Fsp3) is 0.417. The molecule has 5 heteroatoms. The minimum absolute atomic E-state index is 0.183. The molecule has 1 aliphatic rings. The predicted octanol–water partition coefficient (Wildman–Crippen LogP) is 4.18. The topological polar surface area (TPSA) is 71.3 Å². The Morgan fingerprint density at radius 1 is 1.31 bits per heavy atom. The number of Topliss-reactive ketones (excluding diaryl/α,β-unsaturated/α-hetero) is 1. The van der Waals surface area contributed by atoms with Crippen LogP contribution >= 0.6 is 0 Å². The number of benzene rings is 1. The highest BCUT2D eigenvalue weighted by Crippen LogP contribution is 2.33. The zero-order valence-electron chi connectivity index (χ0n) is 17.3. The molecular weight excluding hydrogens is 364 g/mol. The lowest BCUT2D eigenvalue weighted by molar-refractivity contribution is 0.0127. The second-order valence-electron chi connectivity index (χ2n) is 7.86. The lowest BCUT2D eigenvalue weighted by atomic mass is 9.88. The van der Waals surface area contributed by atoms with Crippen LogP contribution in [0.1, 0.15) is 65.9 Å². The lowest BCUT2D eigenvalue weighted by Crippen LogP contribution is -2.50. The Balaban J connectivity index is 1.94. The number of aromatic nitrogens is 1. The monoisotopic (exact) mass is 394 g/mol. The second kappa shape index (κ2) is 8.37. The lowest BCUT2D eigenvalue weighted by Gasteiger charge is -2.33. The summed E-state index contributed by atoms with van der Waals surface area (Å²) in [6.07, 6.45) is 6.29. The van der Waals surface area contributed by atoms with E-state index in [0.717, 1.165) is 41.5 Å². The van der Waals surface area contributed by atoms with Crippen molar-refractivity contribution in [2.75, 3.05) is 0 Å². The van der Waals surface area contributed by atoms with E-state index in [4.69, 9.17) is 0 Å². The van der Waals surface area contributed by atoms with Crippen LogP contribution in [0.5, 0.6) is 0 Å². The Morgan fingerprint density at radius 2 is 2.00 bits per heavy atom. The molecule has 0 radical (unpaired) electrons. The third-order valence-corrected chi connectivity index (χ3v) is 5.99. The fourth-order valence-electron chi connectivity index (χ4n) is 4.36. The van der Waals surface area contributed by atoms with E-state index in [0.29, 0.717) is 24.8 Å². The number of fused-ring (bicyclic) bond motifs is 3. The third-order valence-electron chi connectivity index (χ3n) is 5.99. The van der Waals surface area contributed by atoms with Crippen LogP contribution in [0.4, 0.5) is 0 Å². The number of rotatable bonds is 8. The van der Waals surface area contributed by atoms with E-state index < -0.39 is 11.6 Å². The van der Waals surface area contributed by atoms with E-state index >= 15 is 0 Å². The molecule has 29 heavy (non-hydrogen) atoms. The summed E-state index contributed by atoms with van der Waals surface area (Å²) in [5.41, 5.74) is 2.24. The highest BCUT2D eigenvalue weighted by Gasteiger charge is 2.33. The molecule has 0 unspecified atom stereocenters. The first-order valence-corrected chi connectivity index (χ1v) is 10.3. The van der Waals surface area contributed by atoms with Crippen molar-refractivity contribution in [3.8, 4) is 0 Å². The van der Waals surface area contributed by atoms with E-state index in [1.807, 2.05) is 19.1 Å². The first kappa shape index (κ1) is 21.1. The van der Waals surface area contributed by atoms with Gasteiger partial charge in [-0.25, -0.2) is 0 Å². The molecule has 1 atom stereocenters. The average molecular weight is 395 g/mol. The summed E-state index contributed by atoms with van der Waals surface area (Å²) in [7, 11) is 0. The van der Waals surface area contributed by atoms with Gasteiger partial charge in [0.2, 0.25) is 0 Å². The van der Waals surface area contributed by atoms with Gasteiger partial charge in [0.25, 0.3) is 5.91 Å². The van der Waals surface area contributed by atoms with Gasteiger partial charge in [-0.2, -0.15) is 0 Å². The number of carbonyl (C=O) groups is 2. The summed E-state index contributed by atoms with van der Waals surface area (Å²) in [4.78, 5) is 25.4. The molecule has 0 spiro atoms. The molecule has 1 amide bonds. The van der Waals surface area contributed by atoms with E-state index in [9.17, 15) is 14.7 Å². The molecule has 5 nitrogen and oxygen atoms in total. The molecule has 1 aliphatic carbocycles. The number of hydrogen-bond donors (Lipinski definition) is 2. The van der Waals surface area contributed by atoms with Crippen molar-refractivity contribution in [2.45, 2.75) is 64.1 Å². The number of aryl methyl sites for hydroxylation is 2. The van der Waals surface area contributed by atoms with Crippen LogP contribution in [-0.4, -0.2) is 33.0 Å². The number of ketones is 1. The Hall–Kier alpha value is -2.66. The summed E-state index contributed by atoms with van der Waals surface area (Å²) >= 11 is 0. The maximum absolute atomic E-state index is 12.9. The molecule has 0 aliphatic heterocycles. The molecule has 0 bridgehead atoms. The molecule has 154 valence electrons. The van der Waals surface area contributed by atoms with Gasteiger partial charge < -0.3 is 15.0 Å². The normalized spacial score (nSPS) is 15.1. The van der Waals surface area contributed by atoms with Crippen molar-refractivity contribution in [1.29, 1.82) is 0 Å². The minimum Gasteiger partial charge on any atom is -0.387 e. The molecule has 0 fully saturated rings. The predicted molar refractivity (Wildman–Crippen MR) is 116 cm³/mol. The van der Waals surface area contributed by atoms with Gasteiger partial charge in [-0.3, -0.25) is 9.59 Å². The van der Waals surface area contributed by atoms with E-state index in [2.05, 4.69) is 23.0 Å². The smallest absolute Gasteiger partial charge is 0.251 e. The highest BCUT2D eigenvalue weighted by atomic mass is 16.3. The van der Waals surface area contributed by atoms with Gasteiger partial charge in [0.05, 0.1) is 17.3 Å². The molecule has 0 saturated heterocycles. The van der Waals surface area contributed by atoms with Gasteiger partial charge in [0.15, 0.2) is 5.78 Å². The second-order valence-corrected chi connectivity index (χ2v) is 7.86. The van der Waals surface area contributed by atoms with Crippen LogP contribution in [0.2, 0.25) is 0 Å². The maximum atomic E-state index is 12.9. The van der Waals surface area contributed by atoms with Crippen molar-refractivity contribution in [2.24, 2.45) is 0 Å². The maximum Gasteiger partial charge on any atom is 0.251 e. The Labute approximate surface area is 172 Å². The first-order valence-electron chi connectivity index (χ1n) is 10.3. The number of nitrogens with zero attached hydrogens (tertiary/aromatic N) is 1. The SMILES string of the molecule is C=CCC(O)(CC=C)[C@H](C)NC(=O)c1ccc2c(c1)c1c(n2CC)C(=O)CCC1. The molecule has 0 saturated carbocycles. The van der Waals surface area contributed by atoms with Crippen LogP contribution in [0.25, 0.3) is 10.9 Å². The summed E-state index contributed by atoms with van der Waals surface area (Å²) in [5.74, 6) is -0.0612. The average Bonchev–Trinajstić information content (AvgIpc) is 3.02. The van der Waals surface area contributed by atoms with Gasteiger partial charge in [-0.05, 0) is 63.3 Å². The van der Waals surface area contributed by atoms with Crippen LogP contribution in [0.15, 0.2) is 43.5 Å². The molecular formula is C24H30N2O3. The molecule has 1 aromatic carbocycles. The van der Waals surface area contributed by atoms with E-state index in [1.54, 1.807) is 25.1 Å². The van der Waals surface area contributed by atoms with Gasteiger partial charge in [-0.15, -0.1) is 13.2 Å². The number of hydrogen-bond acceptors (Lipinski definition) is 3. The Morgan fingerprint density at radius 3 is 2.62 bits per heavy atom. The van der Waals surface area contributed by atoms with Crippen molar-refractivity contribution >= 4 is 22.6 Å².